The molecule has 2 aromatic carbocycles. The molecule has 0 amide bonds. The molecule has 0 aliphatic carbocycles. The number of oxazole rings is 1. The lowest BCUT2D eigenvalue weighted by molar-refractivity contribution is 0.423. The number of nitrogens with zero attached hydrogens (tertiary/aromatic N) is 2. The fourth-order valence-electron chi connectivity index (χ4n) is 2.96. The number of aromatic hydroxyl groups is 1. The molecule has 0 aliphatic heterocycles. The maximum Gasteiger partial charge on any atom is 0.316 e. The molecule has 142 valence electrons. The van der Waals surface area contributed by atoms with Crippen LogP contribution in [0.1, 0.15) is 58.2 Å². The number of hydrogen-bond acceptors (Lipinski definition) is 5. The average Bonchev–Trinajstić information content (AvgIpc) is 2.96. The van der Waals surface area contributed by atoms with Gasteiger partial charge in [-0.25, -0.2) is 5.43 Å². The molecular weight excluding hydrogens is 338 g/mol. The Hall–Kier alpha value is -2.82. The normalized spacial score (nSPS) is 12.8. The van der Waals surface area contributed by atoms with Gasteiger partial charge >= 0.3 is 6.01 Å². The first-order chi connectivity index (χ1) is 12.6. The highest BCUT2D eigenvalue weighted by molar-refractivity contribution is 5.82. The molecule has 0 atom stereocenters. The lowest BCUT2D eigenvalue weighted by atomic mass is 9.78. The molecule has 5 heteroatoms. The number of phenolic OH excluding ortho intramolecular Hbond substituents is 1. The number of anilines is 1. The first kappa shape index (κ1) is 19.0. The van der Waals surface area contributed by atoms with E-state index >= 15 is 0 Å². The second-order valence-corrected chi connectivity index (χ2v) is 8.82. The number of hydrogen-bond donors (Lipinski definition) is 2. The van der Waals surface area contributed by atoms with E-state index in [9.17, 15) is 5.11 Å². The average molecular weight is 365 g/mol. The molecule has 0 saturated heterocycles. The highest BCUT2D eigenvalue weighted by Gasteiger charge is 2.26. The summed E-state index contributed by atoms with van der Waals surface area (Å²) in [6.45, 7) is 12.5. The smallest absolute Gasteiger partial charge is 0.316 e. The Morgan fingerprint density at radius 2 is 1.59 bits per heavy atom. The second kappa shape index (κ2) is 6.72. The molecule has 0 radical (unpaired) electrons. The summed E-state index contributed by atoms with van der Waals surface area (Å²) in [5.41, 5.74) is 6.69. The molecule has 0 spiro atoms. The van der Waals surface area contributed by atoms with Gasteiger partial charge in [0.25, 0.3) is 0 Å². The Balaban J connectivity index is 1.92. The first-order valence-electron chi connectivity index (χ1n) is 9.08. The lowest BCUT2D eigenvalue weighted by Crippen LogP contribution is -2.17. The van der Waals surface area contributed by atoms with Crippen LogP contribution in [0, 0.1) is 0 Å². The zero-order valence-electron chi connectivity index (χ0n) is 16.8. The minimum Gasteiger partial charge on any atom is -0.507 e. The minimum atomic E-state index is -0.179. The van der Waals surface area contributed by atoms with Gasteiger partial charge < -0.3 is 9.52 Å². The largest absolute Gasteiger partial charge is 0.507 e. The predicted octanol–water partition coefficient (Wildman–Crippen LogP) is 5.57. The summed E-state index contributed by atoms with van der Waals surface area (Å²) >= 11 is 0. The lowest BCUT2D eigenvalue weighted by Gasteiger charge is -2.27. The van der Waals surface area contributed by atoms with Crippen LogP contribution in [0.4, 0.5) is 6.01 Å². The number of para-hydroxylation sites is 2. The van der Waals surface area contributed by atoms with Crippen LogP contribution in [0.2, 0.25) is 0 Å². The fourth-order valence-corrected chi connectivity index (χ4v) is 2.96. The van der Waals surface area contributed by atoms with E-state index < -0.39 is 0 Å². The van der Waals surface area contributed by atoms with Crippen LogP contribution >= 0.6 is 0 Å². The van der Waals surface area contributed by atoms with E-state index in [1.807, 2.05) is 36.4 Å². The number of aromatic nitrogens is 1. The Morgan fingerprint density at radius 1 is 1.00 bits per heavy atom. The number of nitrogens with one attached hydrogen (secondary N) is 1. The van der Waals surface area contributed by atoms with Gasteiger partial charge in [-0.2, -0.15) is 10.1 Å². The number of rotatable bonds is 3. The standard InChI is InChI=1S/C22H27N3O2/c1-21(2,3)15-11-14(12-16(19(15)26)22(4,5)6)13-23-25-20-24-17-9-7-8-10-18(17)27-20/h7-13,26H,1-6H3,(H,24,25)/b23-13-. The van der Waals surface area contributed by atoms with Crippen molar-refractivity contribution in [2.45, 2.75) is 52.4 Å². The molecule has 5 nitrogen and oxygen atoms in total. The van der Waals surface area contributed by atoms with Gasteiger partial charge in [0.2, 0.25) is 0 Å². The molecule has 1 heterocycles. The van der Waals surface area contributed by atoms with Crippen LogP contribution in [0.5, 0.6) is 5.75 Å². The van der Waals surface area contributed by atoms with Gasteiger partial charge in [0.05, 0.1) is 6.21 Å². The van der Waals surface area contributed by atoms with E-state index in [4.69, 9.17) is 4.42 Å². The van der Waals surface area contributed by atoms with E-state index in [2.05, 4.69) is 57.1 Å². The number of fused-ring (bicyclic) bond motifs is 1. The second-order valence-electron chi connectivity index (χ2n) is 8.82. The summed E-state index contributed by atoms with van der Waals surface area (Å²) in [4.78, 5) is 4.34. The van der Waals surface area contributed by atoms with Crippen LogP contribution < -0.4 is 5.43 Å². The van der Waals surface area contributed by atoms with Crippen molar-refractivity contribution in [2.75, 3.05) is 5.43 Å². The molecule has 0 fully saturated rings. The highest BCUT2D eigenvalue weighted by Crippen LogP contribution is 2.39. The molecule has 0 unspecified atom stereocenters. The van der Waals surface area contributed by atoms with Crippen molar-refractivity contribution in [3.8, 4) is 5.75 Å². The van der Waals surface area contributed by atoms with Crippen molar-refractivity contribution in [3.05, 3.63) is 53.1 Å². The van der Waals surface area contributed by atoms with E-state index in [0.29, 0.717) is 17.3 Å². The molecule has 3 aromatic rings. The van der Waals surface area contributed by atoms with Gasteiger partial charge in [-0.3, -0.25) is 0 Å². The van der Waals surface area contributed by atoms with Gasteiger partial charge in [0.1, 0.15) is 11.3 Å². The van der Waals surface area contributed by atoms with Crippen molar-refractivity contribution < 1.29 is 9.52 Å². The SMILES string of the molecule is CC(C)(C)c1cc(/C=N\Nc2nc3ccccc3o2)cc(C(C)(C)C)c1O. The quantitative estimate of drug-likeness (QED) is 0.470. The van der Waals surface area contributed by atoms with Crippen molar-refractivity contribution in [3.63, 3.8) is 0 Å². The zero-order valence-corrected chi connectivity index (χ0v) is 16.8. The van der Waals surface area contributed by atoms with E-state index in [1.165, 1.54) is 0 Å². The Morgan fingerprint density at radius 3 is 2.15 bits per heavy atom. The molecule has 27 heavy (non-hydrogen) atoms. The van der Waals surface area contributed by atoms with Gasteiger partial charge in [-0.05, 0) is 40.7 Å². The number of hydrazone groups is 1. The zero-order chi connectivity index (χ0) is 19.8. The van der Waals surface area contributed by atoms with Crippen LogP contribution in [-0.4, -0.2) is 16.3 Å². The summed E-state index contributed by atoms with van der Waals surface area (Å²) in [6, 6.07) is 11.9. The van der Waals surface area contributed by atoms with Crippen LogP contribution in [0.25, 0.3) is 11.1 Å². The van der Waals surface area contributed by atoms with Crippen molar-refractivity contribution in [1.29, 1.82) is 0 Å². The summed E-state index contributed by atoms with van der Waals surface area (Å²) in [6.07, 6.45) is 1.72. The maximum absolute atomic E-state index is 10.8. The van der Waals surface area contributed by atoms with Crippen molar-refractivity contribution >= 4 is 23.3 Å². The van der Waals surface area contributed by atoms with Gasteiger partial charge in [0.15, 0.2) is 5.58 Å². The van der Waals surface area contributed by atoms with Crippen LogP contribution in [0.3, 0.4) is 0 Å². The minimum absolute atomic E-state index is 0.179. The molecule has 0 aliphatic rings. The topological polar surface area (TPSA) is 70.7 Å². The summed E-state index contributed by atoms with van der Waals surface area (Å²) in [5, 5.41) is 15.1. The highest BCUT2D eigenvalue weighted by atomic mass is 16.4. The monoisotopic (exact) mass is 365 g/mol. The van der Waals surface area contributed by atoms with E-state index in [0.717, 1.165) is 22.2 Å². The Labute approximate surface area is 160 Å². The molecule has 0 bridgehead atoms. The summed E-state index contributed by atoms with van der Waals surface area (Å²) < 4.78 is 5.61. The van der Waals surface area contributed by atoms with E-state index in [-0.39, 0.29) is 10.8 Å². The fraction of sp³-hybridized carbons (Fsp3) is 0.364. The molecule has 0 saturated carbocycles. The number of benzene rings is 2. The van der Waals surface area contributed by atoms with Crippen LogP contribution in [-0.2, 0) is 10.8 Å². The third-order valence-corrected chi connectivity index (χ3v) is 4.42. The van der Waals surface area contributed by atoms with Gasteiger partial charge in [0, 0.05) is 11.1 Å². The van der Waals surface area contributed by atoms with Crippen molar-refractivity contribution in [1.82, 2.24) is 4.98 Å². The molecule has 1 aromatic heterocycles. The maximum atomic E-state index is 10.8. The Kier molecular flexibility index (Phi) is 4.72. The van der Waals surface area contributed by atoms with E-state index in [1.54, 1.807) is 6.21 Å². The van der Waals surface area contributed by atoms with Crippen molar-refractivity contribution in [2.24, 2.45) is 5.10 Å². The first-order valence-corrected chi connectivity index (χ1v) is 9.08. The third-order valence-electron chi connectivity index (χ3n) is 4.42. The third kappa shape index (κ3) is 4.13. The molecular formula is C22H27N3O2. The van der Waals surface area contributed by atoms with Gasteiger partial charge in [-0.1, -0.05) is 53.7 Å². The predicted molar refractivity (Wildman–Crippen MR) is 111 cm³/mol. The summed E-state index contributed by atoms with van der Waals surface area (Å²) in [7, 11) is 0. The van der Waals surface area contributed by atoms with Crippen LogP contribution in [0.15, 0.2) is 45.9 Å². The summed E-state index contributed by atoms with van der Waals surface area (Å²) in [5.74, 6) is 0.360. The molecule has 3 rings (SSSR count). The number of phenols is 1. The van der Waals surface area contributed by atoms with Gasteiger partial charge in [-0.15, -0.1) is 0 Å². The molecule has 2 N–H and O–H groups in total. The Bertz CT molecular complexity index is 921.